The zero-order valence-corrected chi connectivity index (χ0v) is 8.73. The molecule has 0 bridgehead atoms. The van der Waals surface area contributed by atoms with E-state index in [4.69, 9.17) is 9.84 Å². The van der Waals surface area contributed by atoms with Crippen LogP contribution in [0.2, 0.25) is 0 Å². The van der Waals surface area contributed by atoms with Gasteiger partial charge in [-0.2, -0.15) is 0 Å². The van der Waals surface area contributed by atoms with Crippen molar-refractivity contribution in [1.29, 1.82) is 0 Å². The lowest BCUT2D eigenvalue weighted by molar-refractivity contribution is 0.233. The normalized spacial score (nSPS) is 10.6. The van der Waals surface area contributed by atoms with Crippen LogP contribution in [0.5, 0.6) is 5.75 Å². The molecule has 0 aromatic carbocycles. The summed E-state index contributed by atoms with van der Waals surface area (Å²) in [7, 11) is 0. The molecular weight excluding hydrogens is 178 g/mol. The molecule has 0 atom stereocenters. The summed E-state index contributed by atoms with van der Waals surface area (Å²) in [5, 5.41) is 8.59. The fraction of sp³-hybridized carbons (Fsp3) is 0.545. The molecule has 1 aromatic rings. The maximum Gasteiger partial charge on any atom is 0.122 e. The van der Waals surface area contributed by atoms with E-state index in [1.54, 1.807) is 6.20 Å². The Kier molecular flexibility index (Phi) is 4.40. The van der Waals surface area contributed by atoms with Crippen molar-refractivity contribution in [2.75, 3.05) is 13.2 Å². The average Bonchev–Trinajstić information content (AvgIpc) is 2.19. The van der Waals surface area contributed by atoms with E-state index in [0.29, 0.717) is 18.9 Å². The number of aromatic nitrogens is 1. The van der Waals surface area contributed by atoms with Crippen LogP contribution in [0.3, 0.4) is 0 Å². The van der Waals surface area contributed by atoms with Crippen molar-refractivity contribution in [2.24, 2.45) is 0 Å². The zero-order chi connectivity index (χ0) is 10.4. The Hall–Kier alpha value is -1.09. The highest BCUT2D eigenvalue weighted by Gasteiger charge is 2.01. The standard InChI is InChI=1S/C11H17NO2/c1-9(2)11-8-10(4-5-12-11)14-7-3-6-13/h4-5,8-9,13H,3,6-7H2,1-2H3. The number of rotatable bonds is 5. The highest BCUT2D eigenvalue weighted by atomic mass is 16.5. The summed E-state index contributed by atoms with van der Waals surface area (Å²) in [5.74, 6) is 1.24. The average molecular weight is 195 g/mol. The van der Waals surface area contributed by atoms with Gasteiger partial charge in [0.25, 0.3) is 0 Å². The van der Waals surface area contributed by atoms with Gasteiger partial charge in [-0.15, -0.1) is 0 Å². The first-order valence-corrected chi connectivity index (χ1v) is 4.93. The van der Waals surface area contributed by atoms with Crippen molar-refractivity contribution in [1.82, 2.24) is 4.98 Å². The fourth-order valence-electron chi connectivity index (χ4n) is 1.09. The molecule has 0 aliphatic rings. The van der Waals surface area contributed by atoms with Gasteiger partial charge in [0.2, 0.25) is 0 Å². The van der Waals surface area contributed by atoms with Crippen LogP contribution in [0.1, 0.15) is 31.9 Å². The smallest absolute Gasteiger partial charge is 0.122 e. The van der Waals surface area contributed by atoms with E-state index in [9.17, 15) is 0 Å². The van der Waals surface area contributed by atoms with E-state index in [-0.39, 0.29) is 6.61 Å². The minimum Gasteiger partial charge on any atom is -0.493 e. The molecule has 0 radical (unpaired) electrons. The van der Waals surface area contributed by atoms with E-state index in [0.717, 1.165) is 11.4 Å². The summed E-state index contributed by atoms with van der Waals surface area (Å²) < 4.78 is 5.44. The largest absolute Gasteiger partial charge is 0.493 e. The summed E-state index contributed by atoms with van der Waals surface area (Å²) >= 11 is 0. The Morgan fingerprint density at radius 1 is 1.50 bits per heavy atom. The molecule has 3 nitrogen and oxygen atoms in total. The topological polar surface area (TPSA) is 42.4 Å². The predicted octanol–water partition coefficient (Wildman–Crippen LogP) is 1.97. The SMILES string of the molecule is CC(C)c1cc(OCCCO)ccn1. The fourth-order valence-corrected chi connectivity index (χ4v) is 1.09. The van der Waals surface area contributed by atoms with Gasteiger partial charge in [0, 0.05) is 31.0 Å². The first-order valence-electron chi connectivity index (χ1n) is 4.93. The van der Waals surface area contributed by atoms with Gasteiger partial charge >= 0.3 is 0 Å². The minimum atomic E-state index is 0.169. The molecule has 1 aromatic heterocycles. The van der Waals surface area contributed by atoms with Gasteiger partial charge < -0.3 is 9.84 Å². The summed E-state index contributed by atoms with van der Waals surface area (Å²) in [6.07, 6.45) is 2.42. The van der Waals surface area contributed by atoms with Crippen LogP contribution >= 0.6 is 0 Å². The lowest BCUT2D eigenvalue weighted by Gasteiger charge is -2.08. The number of aliphatic hydroxyl groups is 1. The number of pyridine rings is 1. The van der Waals surface area contributed by atoms with Crippen molar-refractivity contribution >= 4 is 0 Å². The Bertz CT molecular complexity index is 274. The highest BCUT2D eigenvalue weighted by molar-refractivity contribution is 5.24. The monoisotopic (exact) mass is 195 g/mol. The molecule has 0 unspecified atom stereocenters. The molecule has 1 rings (SSSR count). The Labute approximate surface area is 84.7 Å². The molecule has 1 heterocycles. The molecule has 0 aliphatic heterocycles. The van der Waals surface area contributed by atoms with Crippen LogP contribution in [0.4, 0.5) is 0 Å². The summed E-state index contributed by atoms with van der Waals surface area (Å²) in [6.45, 7) is 4.92. The van der Waals surface area contributed by atoms with Gasteiger partial charge in [0.1, 0.15) is 5.75 Å². The third kappa shape index (κ3) is 3.34. The van der Waals surface area contributed by atoms with Gasteiger partial charge in [-0.1, -0.05) is 13.8 Å². The zero-order valence-electron chi connectivity index (χ0n) is 8.73. The van der Waals surface area contributed by atoms with E-state index in [1.807, 2.05) is 12.1 Å². The summed E-state index contributed by atoms with van der Waals surface area (Å²) in [6, 6.07) is 3.78. The molecule has 0 saturated carbocycles. The second kappa shape index (κ2) is 5.60. The van der Waals surface area contributed by atoms with Crippen molar-refractivity contribution < 1.29 is 9.84 Å². The number of ether oxygens (including phenoxy) is 1. The van der Waals surface area contributed by atoms with Crippen molar-refractivity contribution in [3.63, 3.8) is 0 Å². The molecule has 0 aliphatic carbocycles. The van der Waals surface area contributed by atoms with Crippen LogP contribution in [-0.2, 0) is 0 Å². The number of nitrogens with zero attached hydrogens (tertiary/aromatic N) is 1. The van der Waals surface area contributed by atoms with E-state index >= 15 is 0 Å². The molecule has 1 N–H and O–H groups in total. The van der Waals surface area contributed by atoms with Crippen LogP contribution in [0.25, 0.3) is 0 Å². The third-order valence-electron chi connectivity index (χ3n) is 1.92. The van der Waals surface area contributed by atoms with Gasteiger partial charge in [-0.25, -0.2) is 0 Å². The molecule has 0 amide bonds. The second-order valence-electron chi connectivity index (χ2n) is 3.50. The second-order valence-corrected chi connectivity index (χ2v) is 3.50. The van der Waals surface area contributed by atoms with Crippen molar-refractivity contribution in [2.45, 2.75) is 26.2 Å². The van der Waals surface area contributed by atoms with Crippen molar-refractivity contribution in [3.05, 3.63) is 24.0 Å². The number of aliphatic hydroxyl groups excluding tert-OH is 1. The summed E-state index contributed by atoms with van der Waals surface area (Å²) in [5.41, 5.74) is 1.03. The maximum absolute atomic E-state index is 8.59. The molecule has 0 fully saturated rings. The maximum atomic E-state index is 8.59. The third-order valence-corrected chi connectivity index (χ3v) is 1.92. The Balaban J connectivity index is 2.55. The molecule has 0 spiro atoms. The Morgan fingerprint density at radius 3 is 2.93 bits per heavy atom. The van der Waals surface area contributed by atoms with Gasteiger partial charge in [-0.05, 0) is 12.0 Å². The first-order chi connectivity index (χ1) is 6.74. The van der Waals surface area contributed by atoms with Crippen LogP contribution in [0.15, 0.2) is 18.3 Å². The van der Waals surface area contributed by atoms with E-state index < -0.39 is 0 Å². The number of hydrogen-bond donors (Lipinski definition) is 1. The van der Waals surface area contributed by atoms with Crippen LogP contribution < -0.4 is 4.74 Å². The van der Waals surface area contributed by atoms with Crippen LogP contribution in [0, 0.1) is 0 Å². The lowest BCUT2D eigenvalue weighted by atomic mass is 10.1. The molecule has 3 heteroatoms. The highest BCUT2D eigenvalue weighted by Crippen LogP contribution is 2.17. The van der Waals surface area contributed by atoms with E-state index in [2.05, 4.69) is 18.8 Å². The number of hydrogen-bond acceptors (Lipinski definition) is 3. The predicted molar refractivity (Wildman–Crippen MR) is 55.5 cm³/mol. The van der Waals surface area contributed by atoms with Gasteiger partial charge in [-0.3, -0.25) is 4.98 Å². The molecule has 78 valence electrons. The quantitative estimate of drug-likeness (QED) is 0.730. The van der Waals surface area contributed by atoms with E-state index in [1.165, 1.54) is 0 Å². The minimum absolute atomic E-state index is 0.169. The molecular formula is C11H17NO2. The first kappa shape index (κ1) is 11.0. The van der Waals surface area contributed by atoms with Gasteiger partial charge in [0.15, 0.2) is 0 Å². The lowest BCUT2D eigenvalue weighted by Crippen LogP contribution is -2.01. The molecule has 0 saturated heterocycles. The van der Waals surface area contributed by atoms with Crippen LogP contribution in [-0.4, -0.2) is 23.3 Å². The van der Waals surface area contributed by atoms with Gasteiger partial charge in [0.05, 0.1) is 6.61 Å². The molecule has 14 heavy (non-hydrogen) atoms. The summed E-state index contributed by atoms with van der Waals surface area (Å²) in [4.78, 5) is 4.24. The Morgan fingerprint density at radius 2 is 2.29 bits per heavy atom. The van der Waals surface area contributed by atoms with Crippen molar-refractivity contribution in [3.8, 4) is 5.75 Å².